The summed E-state index contributed by atoms with van der Waals surface area (Å²) in [6.45, 7) is 0.907. The normalized spacial score (nSPS) is 10.9. The summed E-state index contributed by atoms with van der Waals surface area (Å²) >= 11 is 8.50. The predicted octanol–water partition coefficient (Wildman–Crippen LogP) is 2.47. The van der Waals surface area contributed by atoms with Crippen molar-refractivity contribution in [3.05, 3.63) is 37.8 Å². The second-order valence-corrected chi connectivity index (χ2v) is 4.87. The molecule has 0 saturated heterocycles. The highest BCUT2D eigenvalue weighted by Crippen LogP contribution is 2.15. The Balaban J connectivity index is 2.69. The van der Waals surface area contributed by atoms with E-state index in [-0.39, 0.29) is 5.56 Å². The second-order valence-electron chi connectivity index (χ2n) is 3.57. The lowest BCUT2D eigenvalue weighted by molar-refractivity contribution is 0.185. The number of ether oxygens (including phenoxy) is 1. The number of nitrogens with one attached hydrogen (secondary N) is 1. The van der Waals surface area contributed by atoms with Crippen molar-refractivity contribution in [3.8, 4) is 0 Å². The zero-order chi connectivity index (χ0) is 12.4. The Hall–Kier alpha value is -0.980. The molecule has 90 valence electrons. The van der Waals surface area contributed by atoms with Crippen LogP contribution in [0.3, 0.4) is 0 Å². The first-order chi connectivity index (χ1) is 8.13. The summed E-state index contributed by atoms with van der Waals surface area (Å²) in [5.41, 5.74) is 0.652. The molecule has 0 saturated carbocycles. The fourth-order valence-corrected chi connectivity index (χ4v) is 2.25. The van der Waals surface area contributed by atoms with Gasteiger partial charge in [0.15, 0.2) is 4.77 Å². The number of H-pyrrole nitrogens is 1. The summed E-state index contributed by atoms with van der Waals surface area (Å²) in [7, 11) is 1.59. The molecule has 6 heteroatoms. The third-order valence-electron chi connectivity index (χ3n) is 2.46. The SMILES string of the molecule is COCCn1c(=S)[nH]c2ccc(Br)cc2c1=O. The lowest BCUT2D eigenvalue weighted by Crippen LogP contribution is -2.24. The summed E-state index contributed by atoms with van der Waals surface area (Å²) in [5.74, 6) is 0. The van der Waals surface area contributed by atoms with Crippen LogP contribution in [-0.4, -0.2) is 23.3 Å². The van der Waals surface area contributed by atoms with E-state index in [4.69, 9.17) is 17.0 Å². The molecule has 1 heterocycles. The van der Waals surface area contributed by atoms with Crippen LogP contribution in [-0.2, 0) is 11.3 Å². The molecule has 17 heavy (non-hydrogen) atoms. The van der Waals surface area contributed by atoms with Gasteiger partial charge in [0.2, 0.25) is 0 Å². The predicted molar refractivity (Wildman–Crippen MR) is 73.0 cm³/mol. The van der Waals surface area contributed by atoms with Gasteiger partial charge in [-0.2, -0.15) is 0 Å². The molecule has 0 unspecified atom stereocenters. The van der Waals surface area contributed by atoms with E-state index in [2.05, 4.69) is 20.9 Å². The molecule has 2 rings (SSSR count). The first-order valence-electron chi connectivity index (χ1n) is 5.05. The maximum Gasteiger partial charge on any atom is 0.262 e. The standard InChI is InChI=1S/C11H11BrN2O2S/c1-16-5-4-14-10(15)8-6-7(12)2-3-9(8)13-11(14)17/h2-3,6H,4-5H2,1H3,(H,13,17). The monoisotopic (exact) mass is 314 g/mol. The number of rotatable bonds is 3. The maximum absolute atomic E-state index is 12.2. The van der Waals surface area contributed by atoms with Crippen molar-refractivity contribution in [1.82, 2.24) is 9.55 Å². The van der Waals surface area contributed by atoms with Crippen LogP contribution in [0.4, 0.5) is 0 Å². The van der Waals surface area contributed by atoms with Gasteiger partial charge in [0.25, 0.3) is 5.56 Å². The minimum Gasteiger partial charge on any atom is -0.383 e. The lowest BCUT2D eigenvalue weighted by Gasteiger charge is -2.07. The third-order valence-corrected chi connectivity index (χ3v) is 3.28. The van der Waals surface area contributed by atoms with Gasteiger partial charge in [-0.3, -0.25) is 9.36 Å². The van der Waals surface area contributed by atoms with Crippen LogP contribution in [0.5, 0.6) is 0 Å². The molecule has 0 atom stereocenters. The van der Waals surface area contributed by atoms with Gasteiger partial charge in [-0.05, 0) is 30.4 Å². The second kappa shape index (κ2) is 5.12. The van der Waals surface area contributed by atoms with Gasteiger partial charge in [-0.15, -0.1) is 0 Å². The van der Waals surface area contributed by atoms with Crippen LogP contribution in [0.15, 0.2) is 27.5 Å². The summed E-state index contributed by atoms with van der Waals surface area (Å²) in [6, 6.07) is 5.48. The molecule has 0 bridgehead atoms. The number of nitrogens with zero attached hydrogens (tertiary/aromatic N) is 1. The van der Waals surface area contributed by atoms with Gasteiger partial charge in [0, 0.05) is 11.6 Å². The molecule has 0 aliphatic rings. The molecule has 0 aliphatic heterocycles. The number of aromatic nitrogens is 2. The quantitative estimate of drug-likeness (QED) is 0.885. The van der Waals surface area contributed by atoms with E-state index < -0.39 is 0 Å². The fraction of sp³-hybridized carbons (Fsp3) is 0.273. The van der Waals surface area contributed by atoms with Gasteiger partial charge in [0.1, 0.15) is 0 Å². The van der Waals surface area contributed by atoms with Crippen molar-refractivity contribution in [1.29, 1.82) is 0 Å². The molecule has 0 aliphatic carbocycles. The van der Waals surface area contributed by atoms with Crippen LogP contribution in [0.1, 0.15) is 0 Å². The highest BCUT2D eigenvalue weighted by molar-refractivity contribution is 9.10. The van der Waals surface area contributed by atoms with Gasteiger partial charge < -0.3 is 9.72 Å². The molecule has 0 fully saturated rings. The summed E-state index contributed by atoms with van der Waals surface area (Å²) in [6.07, 6.45) is 0. The minimum atomic E-state index is -0.0953. The van der Waals surface area contributed by atoms with Crippen molar-refractivity contribution in [3.63, 3.8) is 0 Å². The van der Waals surface area contributed by atoms with E-state index in [1.807, 2.05) is 12.1 Å². The van der Waals surface area contributed by atoms with E-state index in [1.54, 1.807) is 13.2 Å². The fourth-order valence-electron chi connectivity index (χ4n) is 1.61. The Morgan fingerprint density at radius 1 is 1.53 bits per heavy atom. The van der Waals surface area contributed by atoms with Crippen molar-refractivity contribution >= 4 is 39.1 Å². The number of hydrogen-bond donors (Lipinski definition) is 1. The van der Waals surface area contributed by atoms with Crippen LogP contribution >= 0.6 is 28.1 Å². The summed E-state index contributed by atoms with van der Waals surface area (Å²) in [4.78, 5) is 15.2. The lowest BCUT2D eigenvalue weighted by atomic mass is 10.2. The molecule has 2 aromatic rings. The molecule has 0 amide bonds. The number of aromatic amines is 1. The van der Waals surface area contributed by atoms with Crippen LogP contribution in [0.2, 0.25) is 0 Å². The molecular formula is C11H11BrN2O2S. The van der Waals surface area contributed by atoms with Gasteiger partial charge in [-0.1, -0.05) is 15.9 Å². The van der Waals surface area contributed by atoms with Crippen molar-refractivity contribution in [2.45, 2.75) is 6.54 Å². The van der Waals surface area contributed by atoms with Gasteiger partial charge >= 0.3 is 0 Å². The molecular weight excluding hydrogens is 304 g/mol. The topological polar surface area (TPSA) is 47.0 Å². The van der Waals surface area contributed by atoms with Crippen LogP contribution in [0, 0.1) is 4.77 Å². The van der Waals surface area contributed by atoms with Crippen molar-refractivity contribution in [2.24, 2.45) is 0 Å². The molecule has 0 spiro atoms. The summed E-state index contributed by atoms with van der Waals surface area (Å²) < 4.78 is 7.75. The molecule has 1 aromatic heterocycles. The van der Waals surface area contributed by atoms with Crippen LogP contribution < -0.4 is 5.56 Å². The summed E-state index contributed by atoms with van der Waals surface area (Å²) in [5, 5.41) is 0.615. The van der Waals surface area contributed by atoms with E-state index in [0.717, 1.165) is 9.99 Å². The number of benzene rings is 1. The minimum absolute atomic E-state index is 0.0953. The largest absolute Gasteiger partial charge is 0.383 e. The number of halogens is 1. The van der Waals surface area contributed by atoms with E-state index in [0.29, 0.717) is 23.3 Å². The zero-order valence-electron chi connectivity index (χ0n) is 9.20. The van der Waals surface area contributed by atoms with E-state index in [9.17, 15) is 4.79 Å². The zero-order valence-corrected chi connectivity index (χ0v) is 11.6. The molecule has 0 radical (unpaired) electrons. The first kappa shape index (κ1) is 12.5. The van der Waals surface area contributed by atoms with E-state index >= 15 is 0 Å². The highest BCUT2D eigenvalue weighted by atomic mass is 79.9. The van der Waals surface area contributed by atoms with Gasteiger partial charge in [-0.25, -0.2) is 0 Å². The van der Waals surface area contributed by atoms with Crippen LogP contribution in [0.25, 0.3) is 10.9 Å². The molecule has 1 N–H and O–H groups in total. The third kappa shape index (κ3) is 2.48. The Morgan fingerprint density at radius 3 is 3.00 bits per heavy atom. The maximum atomic E-state index is 12.2. The Bertz CT molecular complexity index is 663. The average Bonchev–Trinajstić information content (AvgIpc) is 2.30. The average molecular weight is 315 g/mol. The Labute approximate surface area is 111 Å². The first-order valence-corrected chi connectivity index (χ1v) is 6.25. The Morgan fingerprint density at radius 2 is 2.29 bits per heavy atom. The molecule has 4 nitrogen and oxygen atoms in total. The number of methoxy groups -OCH3 is 1. The number of fused-ring (bicyclic) bond motifs is 1. The highest BCUT2D eigenvalue weighted by Gasteiger charge is 2.05. The smallest absolute Gasteiger partial charge is 0.262 e. The van der Waals surface area contributed by atoms with Crippen molar-refractivity contribution < 1.29 is 4.74 Å². The number of hydrogen-bond acceptors (Lipinski definition) is 3. The molecule has 1 aromatic carbocycles. The van der Waals surface area contributed by atoms with Crippen molar-refractivity contribution in [2.75, 3.05) is 13.7 Å². The Kier molecular flexibility index (Phi) is 3.76. The van der Waals surface area contributed by atoms with E-state index in [1.165, 1.54) is 4.57 Å². The van der Waals surface area contributed by atoms with Gasteiger partial charge in [0.05, 0.1) is 24.1 Å².